The van der Waals surface area contributed by atoms with E-state index in [9.17, 15) is 4.79 Å². The summed E-state index contributed by atoms with van der Waals surface area (Å²) < 4.78 is 0.259. The van der Waals surface area contributed by atoms with E-state index < -0.39 is 0 Å². The first-order valence-corrected chi connectivity index (χ1v) is 5.18. The van der Waals surface area contributed by atoms with Crippen molar-refractivity contribution < 1.29 is 4.79 Å². The fourth-order valence-electron chi connectivity index (χ4n) is 1.99. The molecule has 0 aromatic heterocycles. The smallest absolute Gasteiger partial charge is 0.140 e. The van der Waals surface area contributed by atoms with Crippen molar-refractivity contribution in [2.75, 3.05) is 0 Å². The predicted molar refractivity (Wildman–Crippen MR) is 55.9 cm³/mol. The lowest BCUT2D eigenvalue weighted by atomic mass is 9.49. The molecule has 0 saturated heterocycles. The van der Waals surface area contributed by atoms with Crippen LogP contribution in [-0.2, 0) is 4.79 Å². The van der Waals surface area contributed by atoms with E-state index >= 15 is 0 Å². The monoisotopic (exact) mass is 220 g/mol. The summed E-state index contributed by atoms with van der Waals surface area (Å²) in [6, 6.07) is 0. The highest BCUT2D eigenvalue weighted by atomic mass is 35.5. The van der Waals surface area contributed by atoms with Crippen LogP contribution >= 0.6 is 23.2 Å². The van der Waals surface area contributed by atoms with E-state index in [1.807, 2.05) is 20.8 Å². The van der Waals surface area contributed by atoms with Gasteiger partial charge in [-0.3, -0.25) is 4.79 Å². The Morgan fingerprint density at radius 1 is 1.54 bits per heavy atom. The Morgan fingerprint density at radius 2 is 2.08 bits per heavy atom. The number of allylic oxidation sites excluding steroid dienone is 1. The number of Topliss-reactive ketones (excluding diaryl/α,β-unsaturated/α-hetero) is 1. The third-order valence-corrected chi connectivity index (χ3v) is 3.76. The van der Waals surface area contributed by atoms with E-state index in [2.05, 4.69) is 0 Å². The highest BCUT2D eigenvalue weighted by molar-refractivity contribution is 6.55. The van der Waals surface area contributed by atoms with Crippen LogP contribution < -0.4 is 0 Å². The Labute approximate surface area is 89.1 Å². The highest BCUT2D eigenvalue weighted by Gasteiger charge is 2.57. The Kier molecular flexibility index (Phi) is 2.80. The van der Waals surface area contributed by atoms with Gasteiger partial charge in [0.05, 0.1) is 0 Å². The van der Waals surface area contributed by atoms with Crippen LogP contribution in [0, 0.1) is 10.8 Å². The lowest BCUT2D eigenvalue weighted by molar-refractivity contribution is -0.151. The van der Waals surface area contributed by atoms with Crippen molar-refractivity contribution in [3.05, 3.63) is 10.6 Å². The van der Waals surface area contributed by atoms with Crippen molar-refractivity contribution in [3.63, 3.8) is 0 Å². The van der Waals surface area contributed by atoms with E-state index in [1.165, 1.54) is 0 Å². The number of ketones is 1. The first kappa shape index (κ1) is 11.1. The number of hydrogen-bond acceptors (Lipinski definition) is 1. The summed E-state index contributed by atoms with van der Waals surface area (Å²) in [4.78, 5) is 11.5. The average Bonchev–Trinajstić information content (AvgIpc) is 2.01. The fraction of sp³-hybridized carbons (Fsp3) is 0.700. The molecular weight excluding hydrogens is 207 g/mol. The normalized spacial score (nSPS) is 38.4. The van der Waals surface area contributed by atoms with Gasteiger partial charge in [0.15, 0.2) is 0 Å². The molecule has 1 rings (SSSR count). The number of rotatable bonds is 2. The molecule has 1 nitrogen and oxygen atoms in total. The largest absolute Gasteiger partial charge is 0.299 e. The topological polar surface area (TPSA) is 17.1 Å². The SMILES string of the molecule is CCC1(C)C(=O)CC1(C)C=C(Cl)Cl. The molecule has 1 saturated carbocycles. The van der Waals surface area contributed by atoms with Gasteiger partial charge >= 0.3 is 0 Å². The zero-order valence-electron chi connectivity index (χ0n) is 8.16. The Morgan fingerprint density at radius 3 is 2.38 bits per heavy atom. The van der Waals surface area contributed by atoms with E-state index in [4.69, 9.17) is 23.2 Å². The minimum absolute atomic E-state index is 0.155. The second kappa shape index (κ2) is 3.29. The van der Waals surface area contributed by atoms with Gasteiger partial charge in [-0.25, -0.2) is 0 Å². The van der Waals surface area contributed by atoms with Gasteiger partial charge in [-0.05, 0) is 12.5 Å². The summed E-state index contributed by atoms with van der Waals surface area (Å²) in [5.41, 5.74) is -0.431. The molecule has 0 aromatic carbocycles. The number of carbonyl (C=O) groups is 1. The van der Waals surface area contributed by atoms with Crippen LogP contribution in [0.5, 0.6) is 0 Å². The quantitative estimate of drug-likeness (QED) is 0.694. The zero-order chi connectivity index (χ0) is 10.3. The second-order valence-corrected chi connectivity index (χ2v) is 5.14. The van der Waals surface area contributed by atoms with E-state index in [-0.39, 0.29) is 15.3 Å². The summed E-state index contributed by atoms with van der Waals surface area (Å²) in [7, 11) is 0. The first-order chi connectivity index (χ1) is 5.85. The van der Waals surface area contributed by atoms with Crippen molar-refractivity contribution in [1.82, 2.24) is 0 Å². The Bertz CT molecular complexity index is 268. The van der Waals surface area contributed by atoms with E-state index in [0.29, 0.717) is 12.2 Å². The van der Waals surface area contributed by atoms with Crippen LogP contribution in [0.15, 0.2) is 10.6 Å². The molecule has 0 spiro atoms. The average molecular weight is 221 g/mol. The molecule has 1 aliphatic carbocycles. The molecule has 0 bridgehead atoms. The summed E-state index contributed by atoms with van der Waals surface area (Å²) >= 11 is 11.2. The van der Waals surface area contributed by atoms with Crippen LogP contribution in [0.4, 0.5) is 0 Å². The molecule has 3 heteroatoms. The molecule has 13 heavy (non-hydrogen) atoms. The molecule has 2 unspecified atom stereocenters. The van der Waals surface area contributed by atoms with Gasteiger partial charge in [-0.15, -0.1) is 0 Å². The summed E-state index contributed by atoms with van der Waals surface area (Å²) in [5.74, 6) is 0.309. The van der Waals surface area contributed by atoms with Crippen LogP contribution in [0.2, 0.25) is 0 Å². The first-order valence-electron chi connectivity index (χ1n) is 4.43. The predicted octanol–water partition coefficient (Wildman–Crippen LogP) is 3.70. The maximum absolute atomic E-state index is 11.5. The van der Waals surface area contributed by atoms with Crippen molar-refractivity contribution in [1.29, 1.82) is 0 Å². The van der Waals surface area contributed by atoms with Crippen molar-refractivity contribution in [2.24, 2.45) is 10.8 Å². The number of carbonyl (C=O) groups excluding carboxylic acids is 1. The van der Waals surface area contributed by atoms with E-state index in [1.54, 1.807) is 6.08 Å². The van der Waals surface area contributed by atoms with Gasteiger partial charge in [-0.2, -0.15) is 0 Å². The van der Waals surface area contributed by atoms with Crippen molar-refractivity contribution in [2.45, 2.75) is 33.6 Å². The van der Waals surface area contributed by atoms with Gasteiger partial charge in [0.1, 0.15) is 10.3 Å². The van der Waals surface area contributed by atoms with Crippen LogP contribution in [0.1, 0.15) is 33.6 Å². The molecule has 1 aliphatic rings. The summed E-state index contributed by atoms with van der Waals surface area (Å²) in [5, 5.41) is 0. The van der Waals surface area contributed by atoms with Crippen LogP contribution in [0.25, 0.3) is 0 Å². The van der Waals surface area contributed by atoms with Gasteiger partial charge in [-0.1, -0.05) is 44.0 Å². The minimum atomic E-state index is -0.276. The van der Waals surface area contributed by atoms with Crippen LogP contribution in [0.3, 0.4) is 0 Å². The zero-order valence-corrected chi connectivity index (χ0v) is 9.67. The highest BCUT2D eigenvalue weighted by Crippen LogP contribution is 2.57. The maximum atomic E-state index is 11.5. The van der Waals surface area contributed by atoms with Gasteiger partial charge in [0.25, 0.3) is 0 Å². The minimum Gasteiger partial charge on any atom is -0.299 e. The molecule has 1 fully saturated rings. The van der Waals surface area contributed by atoms with Gasteiger partial charge < -0.3 is 0 Å². The summed E-state index contributed by atoms with van der Waals surface area (Å²) in [6.07, 6.45) is 3.18. The Hall–Kier alpha value is -0.0100. The maximum Gasteiger partial charge on any atom is 0.140 e. The number of halogens is 2. The molecule has 74 valence electrons. The van der Waals surface area contributed by atoms with Crippen molar-refractivity contribution >= 4 is 29.0 Å². The van der Waals surface area contributed by atoms with Crippen LogP contribution in [-0.4, -0.2) is 5.78 Å². The third-order valence-electron chi connectivity index (χ3n) is 3.54. The van der Waals surface area contributed by atoms with Gasteiger partial charge in [0, 0.05) is 17.3 Å². The van der Waals surface area contributed by atoms with Gasteiger partial charge in [0.2, 0.25) is 0 Å². The third kappa shape index (κ3) is 1.53. The Balaban J connectivity index is 2.96. The molecule has 0 aliphatic heterocycles. The van der Waals surface area contributed by atoms with Crippen molar-refractivity contribution in [3.8, 4) is 0 Å². The standard InChI is InChI=1S/C10H14Cl2O/c1-4-10(3)7(13)5-9(10,2)6-8(11)12/h6H,4-5H2,1-3H3. The molecule has 2 atom stereocenters. The summed E-state index contributed by atoms with van der Waals surface area (Å²) in [6.45, 7) is 6.03. The number of hydrogen-bond donors (Lipinski definition) is 0. The lowest BCUT2D eigenvalue weighted by Gasteiger charge is -2.52. The second-order valence-electron chi connectivity index (χ2n) is 4.14. The molecular formula is C10H14Cl2O. The molecule has 0 aromatic rings. The van der Waals surface area contributed by atoms with E-state index in [0.717, 1.165) is 6.42 Å². The molecule has 0 heterocycles. The molecule has 0 amide bonds. The fourth-order valence-corrected chi connectivity index (χ4v) is 2.47. The lowest BCUT2D eigenvalue weighted by Crippen LogP contribution is -2.54. The molecule has 0 radical (unpaired) electrons. The molecule has 0 N–H and O–H groups in total.